The average Bonchev–Trinajstić information content (AvgIpc) is 2.96. The largest absolute Gasteiger partial charge is 0.285 e. The number of rotatable bonds is 7. The molecule has 2 heterocycles. The van der Waals surface area contributed by atoms with Crippen LogP contribution in [0.4, 0.5) is 0 Å². The molecule has 2 fully saturated rings. The second-order valence-corrected chi connectivity index (χ2v) is 10.0. The Labute approximate surface area is 162 Å². The van der Waals surface area contributed by atoms with Gasteiger partial charge in [-0.2, -0.15) is 12.6 Å². The molecule has 0 aliphatic carbocycles. The Morgan fingerprint density at radius 1 is 1.00 bits per heavy atom. The van der Waals surface area contributed by atoms with Crippen LogP contribution in [0.5, 0.6) is 0 Å². The van der Waals surface area contributed by atoms with Crippen molar-refractivity contribution in [1.29, 1.82) is 0 Å². The molecule has 5 atom stereocenters. The number of nitrogens with zero attached hydrogens (tertiary/aromatic N) is 2. The van der Waals surface area contributed by atoms with Gasteiger partial charge >= 0.3 is 0 Å². The highest BCUT2D eigenvalue weighted by Crippen LogP contribution is 2.38. The van der Waals surface area contributed by atoms with Gasteiger partial charge < -0.3 is 0 Å². The molecule has 0 aromatic carbocycles. The molecule has 0 bridgehead atoms. The third kappa shape index (κ3) is 4.36. The van der Waals surface area contributed by atoms with Crippen LogP contribution >= 0.6 is 36.2 Å². The van der Waals surface area contributed by atoms with Gasteiger partial charge in [-0.05, 0) is 6.42 Å². The summed E-state index contributed by atoms with van der Waals surface area (Å²) in [5.41, 5.74) is 0. The van der Waals surface area contributed by atoms with Crippen molar-refractivity contribution in [1.82, 2.24) is 9.80 Å². The summed E-state index contributed by atoms with van der Waals surface area (Å²) < 4.78 is 0. The summed E-state index contributed by atoms with van der Waals surface area (Å²) in [6.45, 7) is 4.02. The third-order valence-corrected chi connectivity index (χ3v) is 8.97. The standard InChI is InChI=1S/C16H24N2O4S3/c1-5-9(25-11-7-13(20)18(4)16(11)22)14(23)8(2)24-10-6-12(19)17(3)15(10)21/h8-11,14,23H,5-7H2,1-4H3. The van der Waals surface area contributed by atoms with E-state index in [1.165, 1.54) is 47.4 Å². The van der Waals surface area contributed by atoms with E-state index >= 15 is 0 Å². The zero-order valence-corrected chi connectivity index (χ0v) is 17.3. The molecule has 2 aliphatic rings. The summed E-state index contributed by atoms with van der Waals surface area (Å²) >= 11 is 7.70. The van der Waals surface area contributed by atoms with Gasteiger partial charge in [0.05, 0.1) is 10.5 Å². The lowest BCUT2D eigenvalue weighted by atomic mass is 10.2. The molecule has 2 saturated heterocycles. The fraction of sp³-hybridized carbons (Fsp3) is 0.750. The molecule has 0 radical (unpaired) electrons. The van der Waals surface area contributed by atoms with Crippen LogP contribution in [0.1, 0.15) is 33.1 Å². The highest BCUT2D eigenvalue weighted by Gasteiger charge is 2.41. The first-order valence-electron chi connectivity index (χ1n) is 8.27. The van der Waals surface area contributed by atoms with Crippen molar-refractivity contribution in [2.45, 2.75) is 59.4 Å². The number of amides is 4. The Hall–Kier alpha value is -0.670. The van der Waals surface area contributed by atoms with E-state index in [0.717, 1.165) is 6.42 Å². The van der Waals surface area contributed by atoms with Gasteiger partial charge in [-0.3, -0.25) is 29.0 Å². The van der Waals surface area contributed by atoms with E-state index in [2.05, 4.69) is 0 Å². The van der Waals surface area contributed by atoms with Crippen molar-refractivity contribution in [3.05, 3.63) is 0 Å². The average molecular weight is 405 g/mol. The number of thiol groups is 1. The topological polar surface area (TPSA) is 74.8 Å². The van der Waals surface area contributed by atoms with Crippen molar-refractivity contribution >= 4 is 59.8 Å². The van der Waals surface area contributed by atoms with E-state index in [0.29, 0.717) is 0 Å². The van der Waals surface area contributed by atoms with Crippen molar-refractivity contribution in [3.63, 3.8) is 0 Å². The Morgan fingerprint density at radius 3 is 1.80 bits per heavy atom. The maximum Gasteiger partial charge on any atom is 0.242 e. The molecule has 0 saturated carbocycles. The van der Waals surface area contributed by atoms with Crippen molar-refractivity contribution < 1.29 is 19.2 Å². The maximum absolute atomic E-state index is 12.1. The van der Waals surface area contributed by atoms with Gasteiger partial charge in [-0.25, -0.2) is 0 Å². The molecule has 25 heavy (non-hydrogen) atoms. The van der Waals surface area contributed by atoms with Gasteiger partial charge in [0.15, 0.2) is 0 Å². The van der Waals surface area contributed by atoms with Crippen LogP contribution in [0.15, 0.2) is 0 Å². The number of thioether (sulfide) groups is 2. The van der Waals surface area contributed by atoms with Gasteiger partial charge in [-0.15, -0.1) is 23.5 Å². The lowest BCUT2D eigenvalue weighted by Crippen LogP contribution is -2.33. The Bertz CT molecular complexity index is 586. The zero-order chi connectivity index (χ0) is 18.9. The van der Waals surface area contributed by atoms with Gasteiger partial charge in [0, 0.05) is 42.7 Å². The van der Waals surface area contributed by atoms with Crippen LogP contribution in [0.25, 0.3) is 0 Å². The number of hydrogen-bond acceptors (Lipinski definition) is 7. The molecule has 0 spiro atoms. The lowest BCUT2D eigenvalue weighted by Gasteiger charge is -2.29. The predicted molar refractivity (Wildman–Crippen MR) is 104 cm³/mol. The molecular formula is C16H24N2O4S3. The minimum absolute atomic E-state index is 0.0407. The molecule has 9 heteroatoms. The third-order valence-electron chi connectivity index (χ3n) is 4.66. The molecule has 2 rings (SSSR count). The second-order valence-electron chi connectivity index (χ2n) is 6.38. The molecule has 4 amide bonds. The lowest BCUT2D eigenvalue weighted by molar-refractivity contribution is -0.138. The smallest absolute Gasteiger partial charge is 0.242 e. The summed E-state index contributed by atoms with van der Waals surface area (Å²) in [5.74, 6) is -0.590. The second kappa shape index (κ2) is 8.35. The van der Waals surface area contributed by atoms with E-state index in [4.69, 9.17) is 12.6 Å². The molecule has 0 aromatic rings. The summed E-state index contributed by atoms with van der Waals surface area (Å²) in [4.78, 5) is 49.9. The summed E-state index contributed by atoms with van der Waals surface area (Å²) in [6.07, 6.45) is 1.27. The first-order valence-corrected chi connectivity index (χ1v) is 10.7. The van der Waals surface area contributed by atoms with Crippen LogP contribution < -0.4 is 0 Å². The minimum atomic E-state index is -0.356. The van der Waals surface area contributed by atoms with Gasteiger partial charge in [0.1, 0.15) is 0 Å². The highest BCUT2D eigenvalue weighted by molar-refractivity contribution is 8.03. The summed E-state index contributed by atoms with van der Waals surface area (Å²) in [5, 5.41) is -0.633. The summed E-state index contributed by atoms with van der Waals surface area (Å²) in [6, 6.07) is 0. The van der Waals surface area contributed by atoms with Crippen LogP contribution in [0, 0.1) is 0 Å². The SMILES string of the molecule is CCC(SC1CC(=O)N(C)C1=O)C(S)C(C)SC1CC(=O)N(C)C1=O. The number of imide groups is 2. The van der Waals surface area contributed by atoms with Gasteiger partial charge in [-0.1, -0.05) is 13.8 Å². The molecule has 0 aromatic heterocycles. The molecule has 0 N–H and O–H groups in total. The predicted octanol–water partition coefficient (Wildman–Crippen LogP) is 1.43. The van der Waals surface area contributed by atoms with E-state index < -0.39 is 0 Å². The number of hydrogen-bond donors (Lipinski definition) is 1. The Kier molecular flexibility index (Phi) is 6.89. The molecule has 5 unspecified atom stereocenters. The first kappa shape index (κ1) is 20.6. The van der Waals surface area contributed by atoms with E-state index in [9.17, 15) is 19.2 Å². The van der Waals surface area contributed by atoms with E-state index in [1.54, 1.807) is 0 Å². The van der Waals surface area contributed by atoms with Gasteiger partial charge in [0.25, 0.3) is 0 Å². The monoisotopic (exact) mass is 404 g/mol. The molecule has 2 aliphatic heterocycles. The number of carbonyl (C=O) groups excluding carboxylic acids is 4. The van der Waals surface area contributed by atoms with Crippen LogP contribution in [-0.2, 0) is 19.2 Å². The Morgan fingerprint density at radius 2 is 1.44 bits per heavy atom. The molecular weight excluding hydrogens is 380 g/mol. The molecule has 6 nitrogen and oxygen atoms in total. The van der Waals surface area contributed by atoms with Crippen LogP contribution in [-0.4, -0.2) is 73.8 Å². The zero-order valence-electron chi connectivity index (χ0n) is 14.8. The maximum atomic E-state index is 12.1. The fourth-order valence-electron chi connectivity index (χ4n) is 2.93. The number of likely N-dealkylation sites (tertiary alicyclic amines) is 2. The highest BCUT2D eigenvalue weighted by atomic mass is 32.2. The van der Waals surface area contributed by atoms with E-state index in [-0.39, 0.29) is 62.7 Å². The van der Waals surface area contributed by atoms with Crippen LogP contribution in [0.2, 0.25) is 0 Å². The first-order chi connectivity index (χ1) is 11.7. The van der Waals surface area contributed by atoms with Gasteiger partial charge in [0.2, 0.25) is 23.6 Å². The fourth-order valence-corrected chi connectivity index (χ4v) is 6.57. The van der Waals surface area contributed by atoms with Crippen molar-refractivity contribution in [2.24, 2.45) is 0 Å². The minimum Gasteiger partial charge on any atom is -0.285 e. The normalized spacial score (nSPS) is 28.0. The number of carbonyl (C=O) groups is 4. The molecule has 140 valence electrons. The quantitative estimate of drug-likeness (QED) is 0.511. The Balaban J connectivity index is 1.96. The van der Waals surface area contributed by atoms with Crippen molar-refractivity contribution in [2.75, 3.05) is 14.1 Å². The summed E-state index contributed by atoms with van der Waals surface area (Å²) in [7, 11) is 3.03. The van der Waals surface area contributed by atoms with E-state index in [1.807, 2.05) is 13.8 Å². The van der Waals surface area contributed by atoms with Crippen molar-refractivity contribution in [3.8, 4) is 0 Å². The van der Waals surface area contributed by atoms with Crippen LogP contribution in [0.3, 0.4) is 0 Å².